The Labute approximate surface area is 133 Å². The zero-order valence-electron chi connectivity index (χ0n) is 14.0. The lowest BCUT2D eigenvalue weighted by Gasteiger charge is -2.39. The fraction of sp³-hybridized carbons (Fsp3) is 0.824. The summed E-state index contributed by atoms with van der Waals surface area (Å²) in [6, 6.07) is 0.371. The summed E-state index contributed by atoms with van der Waals surface area (Å²) in [4.78, 5) is 6.08. The van der Waals surface area contributed by atoms with Gasteiger partial charge in [-0.2, -0.15) is 0 Å². The van der Waals surface area contributed by atoms with E-state index in [1.807, 2.05) is 18.4 Å². The summed E-state index contributed by atoms with van der Waals surface area (Å²) in [6.07, 6.45) is 8.59. The molecule has 1 aliphatic rings. The van der Waals surface area contributed by atoms with Gasteiger partial charge in [0.15, 0.2) is 0 Å². The van der Waals surface area contributed by atoms with Gasteiger partial charge in [0, 0.05) is 24.4 Å². The van der Waals surface area contributed by atoms with Crippen molar-refractivity contribution in [1.29, 1.82) is 0 Å². The monoisotopic (exact) mass is 310 g/mol. The van der Waals surface area contributed by atoms with Gasteiger partial charge in [-0.1, -0.05) is 32.6 Å². The molecule has 1 aromatic heterocycles. The molecule has 0 bridgehead atoms. The van der Waals surface area contributed by atoms with Crippen molar-refractivity contribution in [3.05, 3.63) is 15.6 Å². The van der Waals surface area contributed by atoms with Crippen LogP contribution in [-0.2, 0) is 11.2 Å². The molecule has 1 fully saturated rings. The van der Waals surface area contributed by atoms with Crippen LogP contribution in [0.3, 0.4) is 0 Å². The molecule has 1 N–H and O–H groups in total. The van der Waals surface area contributed by atoms with Gasteiger partial charge < -0.3 is 10.1 Å². The van der Waals surface area contributed by atoms with E-state index in [4.69, 9.17) is 9.72 Å². The predicted molar refractivity (Wildman–Crippen MR) is 90.2 cm³/mol. The highest BCUT2D eigenvalue weighted by atomic mass is 32.1. The molecular weight excluding hydrogens is 280 g/mol. The van der Waals surface area contributed by atoms with E-state index < -0.39 is 0 Å². The topological polar surface area (TPSA) is 34.2 Å². The fourth-order valence-corrected chi connectivity index (χ4v) is 4.49. The van der Waals surface area contributed by atoms with E-state index in [1.54, 1.807) is 0 Å². The minimum absolute atomic E-state index is 0.0139. The van der Waals surface area contributed by atoms with E-state index in [-0.39, 0.29) is 5.60 Å². The smallest absolute Gasteiger partial charge is 0.0947 e. The number of rotatable bonds is 6. The lowest BCUT2D eigenvalue weighted by Crippen LogP contribution is -2.53. The van der Waals surface area contributed by atoms with Crippen LogP contribution in [0, 0.1) is 13.8 Å². The fourth-order valence-electron chi connectivity index (χ4n) is 3.51. The summed E-state index contributed by atoms with van der Waals surface area (Å²) in [5.74, 6) is 0. The average molecular weight is 311 g/mol. The first-order valence-corrected chi connectivity index (χ1v) is 9.14. The molecule has 0 aliphatic heterocycles. The van der Waals surface area contributed by atoms with Gasteiger partial charge >= 0.3 is 0 Å². The average Bonchev–Trinajstić information content (AvgIpc) is 2.69. The van der Waals surface area contributed by atoms with Crippen LogP contribution in [0.25, 0.3) is 0 Å². The molecule has 1 atom stereocenters. The first kappa shape index (κ1) is 16.9. The Morgan fingerprint density at radius 3 is 2.38 bits per heavy atom. The van der Waals surface area contributed by atoms with Gasteiger partial charge in [0.25, 0.3) is 0 Å². The molecule has 21 heavy (non-hydrogen) atoms. The molecule has 0 amide bonds. The number of ether oxygens (including phenoxy) is 1. The highest BCUT2D eigenvalue weighted by molar-refractivity contribution is 7.11. The first-order chi connectivity index (χ1) is 10.1. The van der Waals surface area contributed by atoms with Gasteiger partial charge in [0.05, 0.1) is 16.3 Å². The molecule has 1 unspecified atom stereocenters. The predicted octanol–water partition coefficient (Wildman–Crippen LogP) is 4.02. The quantitative estimate of drug-likeness (QED) is 0.806. The number of aryl methyl sites for hydroxylation is 2. The van der Waals surface area contributed by atoms with E-state index in [0.717, 1.165) is 13.0 Å². The van der Waals surface area contributed by atoms with E-state index >= 15 is 0 Å². The van der Waals surface area contributed by atoms with E-state index in [0.29, 0.717) is 6.04 Å². The maximum Gasteiger partial charge on any atom is 0.0947 e. The second-order valence-electron chi connectivity index (χ2n) is 6.25. The highest BCUT2D eigenvalue weighted by Gasteiger charge is 2.39. The number of hydrogen-bond acceptors (Lipinski definition) is 4. The molecule has 1 aliphatic carbocycles. The Morgan fingerprint density at radius 2 is 1.90 bits per heavy atom. The Bertz CT molecular complexity index is 416. The van der Waals surface area contributed by atoms with Crippen LogP contribution in [0.4, 0.5) is 0 Å². The van der Waals surface area contributed by atoms with Crippen LogP contribution in [0.2, 0.25) is 0 Å². The van der Waals surface area contributed by atoms with Gasteiger partial charge in [-0.3, -0.25) is 0 Å². The van der Waals surface area contributed by atoms with Gasteiger partial charge in [-0.05, 0) is 33.2 Å². The molecule has 1 saturated carbocycles. The zero-order valence-corrected chi connectivity index (χ0v) is 14.8. The summed E-state index contributed by atoms with van der Waals surface area (Å²) < 4.78 is 6.10. The van der Waals surface area contributed by atoms with Crippen molar-refractivity contribution in [3.63, 3.8) is 0 Å². The molecule has 0 spiro atoms. The second-order valence-corrected chi connectivity index (χ2v) is 7.53. The van der Waals surface area contributed by atoms with Gasteiger partial charge in [0.1, 0.15) is 0 Å². The van der Waals surface area contributed by atoms with Crippen LogP contribution in [0.1, 0.15) is 61.0 Å². The Kier molecular flexibility index (Phi) is 6.20. The number of aromatic nitrogens is 1. The van der Waals surface area contributed by atoms with Crippen molar-refractivity contribution in [2.45, 2.75) is 77.4 Å². The molecule has 0 saturated heterocycles. The summed E-state index contributed by atoms with van der Waals surface area (Å²) in [7, 11) is 1.90. The number of nitrogens with one attached hydrogen (secondary N) is 1. The van der Waals surface area contributed by atoms with Crippen LogP contribution in [0.15, 0.2) is 0 Å². The van der Waals surface area contributed by atoms with Crippen LogP contribution < -0.4 is 5.32 Å². The number of nitrogens with zero attached hydrogens (tertiary/aromatic N) is 1. The Balaban J connectivity index is 2.18. The normalized spacial score (nSPS) is 20.2. The van der Waals surface area contributed by atoms with Crippen molar-refractivity contribution in [1.82, 2.24) is 10.3 Å². The van der Waals surface area contributed by atoms with Crippen molar-refractivity contribution < 1.29 is 4.74 Å². The summed E-state index contributed by atoms with van der Waals surface area (Å²) >= 11 is 1.84. The van der Waals surface area contributed by atoms with Crippen LogP contribution >= 0.6 is 11.3 Å². The third-order valence-electron chi connectivity index (χ3n) is 4.89. The third kappa shape index (κ3) is 4.05. The summed E-state index contributed by atoms with van der Waals surface area (Å²) in [5.41, 5.74) is 1.16. The molecule has 1 heterocycles. The Hall–Kier alpha value is -0.450. The number of likely N-dealkylation sites (N-methyl/N-ethyl adjacent to an activating group) is 1. The largest absolute Gasteiger partial charge is 0.377 e. The molecule has 120 valence electrons. The van der Waals surface area contributed by atoms with E-state index in [9.17, 15) is 0 Å². The molecule has 0 aromatic carbocycles. The standard InChI is InChI=1S/C17H30N2OS/c1-5-18-15(12-16-19-13(2)14(3)21-16)17(20-4)10-8-6-7-9-11-17/h15,18H,5-12H2,1-4H3. The number of methoxy groups -OCH3 is 1. The van der Waals surface area contributed by atoms with Crippen LogP contribution in [0.5, 0.6) is 0 Å². The van der Waals surface area contributed by atoms with Crippen molar-refractivity contribution in [2.75, 3.05) is 13.7 Å². The molecule has 1 aromatic rings. The van der Waals surface area contributed by atoms with Crippen molar-refractivity contribution in [3.8, 4) is 0 Å². The summed E-state index contributed by atoms with van der Waals surface area (Å²) in [6.45, 7) is 7.44. The number of thiazole rings is 1. The minimum atomic E-state index is -0.0139. The van der Waals surface area contributed by atoms with Crippen LogP contribution in [-0.4, -0.2) is 30.3 Å². The zero-order chi connectivity index (χ0) is 15.3. The van der Waals surface area contributed by atoms with Gasteiger partial charge in [0.2, 0.25) is 0 Å². The molecular formula is C17H30N2OS. The highest BCUT2D eigenvalue weighted by Crippen LogP contribution is 2.35. The van der Waals surface area contributed by atoms with Gasteiger partial charge in [-0.25, -0.2) is 4.98 Å². The second kappa shape index (κ2) is 7.70. The Morgan fingerprint density at radius 1 is 1.24 bits per heavy atom. The number of hydrogen-bond donors (Lipinski definition) is 1. The molecule has 2 rings (SSSR count). The van der Waals surface area contributed by atoms with Gasteiger partial charge in [-0.15, -0.1) is 11.3 Å². The lowest BCUT2D eigenvalue weighted by atomic mass is 9.84. The van der Waals surface area contributed by atoms with Crippen molar-refractivity contribution in [2.24, 2.45) is 0 Å². The third-order valence-corrected chi connectivity index (χ3v) is 5.99. The molecule has 3 nitrogen and oxygen atoms in total. The first-order valence-electron chi connectivity index (χ1n) is 8.32. The minimum Gasteiger partial charge on any atom is -0.377 e. The SMILES string of the molecule is CCNC(Cc1nc(C)c(C)s1)C1(OC)CCCCCC1. The maximum absolute atomic E-state index is 6.10. The molecule has 0 radical (unpaired) electrons. The van der Waals surface area contributed by atoms with E-state index in [1.165, 1.54) is 54.1 Å². The summed E-state index contributed by atoms with van der Waals surface area (Å²) in [5, 5.41) is 4.94. The van der Waals surface area contributed by atoms with Crippen molar-refractivity contribution >= 4 is 11.3 Å². The lowest BCUT2D eigenvalue weighted by molar-refractivity contribution is -0.0523. The van der Waals surface area contributed by atoms with E-state index in [2.05, 4.69) is 26.1 Å². The molecule has 4 heteroatoms. The maximum atomic E-state index is 6.10.